The van der Waals surface area contributed by atoms with Gasteiger partial charge in [0.25, 0.3) is 0 Å². The van der Waals surface area contributed by atoms with Gasteiger partial charge in [0.2, 0.25) is 11.6 Å². The van der Waals surface area contributed by atoms with Crippen molar-refractivity contribution in [2.24, 2.45) is 22.2 Å². The minimum Gasteiger partial charge on any atom is -0.493 e. The molecular weight excluding hydrogens is 352 g/mol. The molecule has 0 heterocycles. The van der Waals surface area contributed by atoms with Crippen LogP contribution in [0.15, 0.2) is 35.3 Å². The van der Waals surface area contributed by atoms with E-state index in [4.69, 9.17) is 9.47 Å². The Balaban J connectivity index is 2.11. The molecule has 0 spiro atoms. The van der Waals surface area contributed by atoms with Crippen LogP contribution in [-0.2, 0) is 19.1 Å². The van der Waals surface area contributed by atoms with Crippen LogP contribution in [0, 0.1) is 22.2 Å². The van der Waals surface area contributed by atoms with Crippen LogP contribution in [0.1, 0.15) is 66.2 Å². The quantitative estimate of drug-likeness (QED) is 0.495. The Morgan fingerprint density at radius 2 is 1.82 bits per heavy atom. The standard InChI is InChI=1S/C24H34O4/c1-15-9-8-11-24(5)22(15,3)12-10-16(2)23(24,4)14-17-20(26)19(27-6)13-18(25)21(17)28-7/h13,16H,1,8-12,14H2,2-7H3. The van der Waals surface area contributed by atoms with E-state index in [-0.39, 0.29) is 39.3 Å². The molecule has 2 fully saturated rings. The molecule has 0 radical (unpaired) electrons. The maximum Gasteiger partial charge on any atom is 0.227 e. The summed E-state index contributed by atoms with van der Waals surface area (Å²) in [6.07, 6.45) is 7.29. The van der Waals surface area contributed by atoms with Crippen LogP contribution in [0.3, 0.4) is 0 Å². The number of allylic oxidation sites excluding steroid dienone is 3. The van der Waals surface area contributed by atoms with E-state index in [0.29, 0.717) is 17.9 Å². The average Bonchev–Trinajstić information content (AvgIpc) is 2.65. The molecule has 3 rings (SSSR count). The fourth-order valence-electron chi connectivity index (χ4n) is 6.26. The second-order valence-corrected chi connectivity index (χ2v) is 9.57. The van der Waals surface area contributed by atoms with E-state index in [1.165, 1.54) is 25.9 Å². The Labute approximate surface area is 169 Å². The van der Waals surface area contributed by atoms with Gasteiger partial charge in [-0.1, -0.05) is 39.8 Å². The number of fused-ring (bicyclic) bond motifs is 1. The zero-order valence-corrected chi connectivity index (χ0v) is 18.2. The summed E-state index contributed by atoms with van der Waals surface area (Å²) < 4.78 is 10.6. The van der Waals surface area contributed by atoms with Gasteiger partial charge < -0.3 is 9.47 Å². The number of methoxy groups -OCH3 is 2. The first-order valence-electron chi connectivity index (χ1n) is 10.4. The van der Waals surface area contributed by atoms with Gasteiger partial charge >= 0.3 is 0 Å². The minimum absolute atomic E-state index is 0.00340. The molecule has 0 aromatic rings. The Kier molecular flexibility index (Phi) is 5.14. The summed E-state index contributed by atoms with van der Waals surface area (Å²) in [7, 11) is 2.90. The third-order valence-electron chi connectivity index (χ3n) is 8.81. The number of carbonyl (C=O) groups is 2. The van der Waals surface area contributed by atoms with Gasteiger partial charge in [-0.15, -0.1) is 0 Å². The van der Waals surface area contributed by atoms with Crippen LogP contribution in [0.5, 0.6) is 0 Å². The summed E-state index contributed by atoms with van der Waals surface area (Å²) in [5.41, 5.74) is 1.68. The highest BCUT2D eigenvalue weighted by atomic mass is 16.5. The molecule has 0 aliphatic heterocycles. The zero-order chi connectivity index (χ0) is 20.9. The zero-order valence-electron chi connectivity index (χ0n) is 18.2. The van der Waals surface area contributed by atoms with Gasteiger partial charge in [-0.25, -0.2) is 0 Å². The summed E-state index contributed by atoms with van der Waals surface area (Å²) in [4.78, 5) is 25.7. The number of hydrogen-bond acceptors (Lipinski definition) is 4. The largest absolute Gasteiger partial charge is 0.493 e. The Hall–Kier alpha value is -1.84. The van der Waals surface area contributed by atoms with Crippen LogP contribution >= 0.6 is 0 Å². The van der Waals surface area contributed by atoms with Gasteiger partial charge in [0.1, 0.15) is 0 Å². The Bertz CT molecular complexity index is 788. The van der Waals surface area contributed by atoms with E-state index < -0.39 is 0 Å². The molecule has 28 heavy (non-hydrogen) atoms. The first-order valence-corrected chi connectivity index (χ1v) is 10.4. The van der Waals surface area contributed by atoms with Crippen molar-refractivity contribution in [1.82, 2.24) is 0 Å². The molecule has 4 unspecified atom stereocenters. The monoisotopic (exact) mass is 386 g/mol. The molecule has 0 aromatic carbocycles. The summed E-state index contributed by atoms with van der Waals surface area (Å²) in [5, 5.41) is 0. The molecule has 2 saturated carbocycles. The summed E-state index contributed by atoms with van der Waals surface area (Å²) >= 11 is 0. The van der Waals surface area contributed by atoms with Crippen molar-refractivity contribution in [1.29, 1.82) is 0 Å². The van der Waals surface area contributed by atoms with Crippen molar-refractivity contribution in [2.75, 3.05) is 14.2 Å². The van der Waals surface area contributed by atoms with Gasteiger partial charge in [-0.3, -0.25) is 9.59 Å². The van der Waals surface area contributed by atoms with Crippen LogP contribution in [-0.4, -0.2) is 25.8 Å². The van der Waals surface area contributed by atoms with Gasteiger partial charge in [-0.2, -0.15) is 0 Å². The number of Topliss-reactive ketones (excluding diaryl/α,β-unsaturated/α-hetero) is 1. The van der Waals surface area contributed by atoms with Crippen molar-refractivity contribution in [3.8, 4) is 0 Å². The molecule has 4 atom stereocenters. The molecular formula is C24H34O4. The lowest BCUT2D eigenvalue weighted by Gasteiger charge is -2.66. The molecule has 3 aliphatic rings. The topological polar surface area (TPSA) is 52.6 Å². The van der Waals surface area contributed by atoms with Gasteiger partial charge in [0.05, 0.1) is 19.8 Å². The number of hydrogen-bond donors (Lipinski definition) is 0. The van der Waals surface area contributed by atoms with Crippen LogP contribution in [0.25, 0.3) is 0 Å². The molecule has 0 saturated heterocycles. The predicted molar refractivity (Wildman–Crippen MR) is 109 cm³/mol. The smallest absolute Gasteiger partial charge is 0.227 e. The fourth-order valence-corrected chi connectivity index (χ4v) is 6.26. The first-order chi connectivity index (χ1) is 13.1. The van der Waals surface area contributed by atoms with Crippen molar-refractivity contribution in [2.45, 2.75) is 66.2 Å². The Morgan fingerprint density at radius 3 is 2.43 bits per heavy atom. The predicted octanol–water partition coefficient (Wildman–Crippen LogP) is 5.15. The normalized spacial score (nSPS) is 38.9. The summed E-state index contributed by atoms with van der Waals surface area (Å²) in [6.45, 7) is 13.8. The van der Waals surface area contributed by atoms with Crippen LogP contribution in [0.2, 0.25) is 0 Å². The third-order valence-corrected chi connectivity index (χ3v) is 8.81. The van der Waals surface area contributed by atoms with E-state index in [9.17, 15) is 9.59 Å². The number of ether oxygens (including phenoxy) is 2. The van der Waals surface area contributed by atoms with E-state index in [0.717, 1.165) is 32.1 Å². The van der Waals surface area contributed by atoms with Gasteiger partial charge in [-0.05, 0) is 60.7 Å². The highest BCUT2D eigenvalue weighted by Gasteiger charge is 2.62. The number of rotatable bonds is 4. The second-order valence-electron chi connectivity index (χ2n) is 9.57. The minimum atomic E-state index is -0.290. The maximum absolute atomic E-state index is 13.1. The molecule has 154 valence electrons. The van der Waals surface area contributed by atoms with Crippen molar-refractivity contribution >= 4 is 11.6 Å². The molecule has 0 bridgehead atoms. The van der Waals surface area contributed by atoms with E-state index in [1.54, 1.807) is 0 Å². The van der Waals surface area contributed by atoms with Crippen molar-refractivity contribution in [3.05, 3.63) is 35.3 Å². The molecule has 0 amide bonds. The second kappa shape index (κ2) is 6.89. The SMILES string of the molecule is C=C1CCCC2(C)C1(C)CCC(C)C2(C)CC1=C(OC)C(=O)C=C(OC)C1=O. The molecule has 0 aromatic heterocycles. The third kappa shape index (κ3) is 2.63. The van der Waals surface area contributed by atoms with Crippen LogP contribution in [0.4, 0.5) is 0 Å². The lowest BCUT2D eigenvalue weighted by molar-refractivity contribution is -0.135. The van der Waals surface area contributed by atoms with E-state index in [2.05, 4.69) is 34.3 Å². The summed E-state index contributed by atoms with van der Waals surface area (Å²) in [5.74, 6) is 0.181. The maximum atomic E-state index is 13.1. The highest BCUT2D eigenvalue weighted by Crippen LogP contribution is 2.70. The highest BCUT2D eigenvalue weighted by molar-refractivity contribution is 6.21. The van der Waals surface area contributed by atoms with Gasteiger partial charge in [0.15, 0.2) is 11.5 Å². The van der Waals surface area contributed by atoms with Crippen molar-refractivity contribution in [3.63, 3.8) is 0 Å². The lowest BCUT2D eigenvalue weighted by Crippen LogP contribution is -2.58. The number of ketones is 2. The Morgan fingerprint density at radius 1 is 1.14 bits per heavy atom. The van der Waals surface area contributed by atoms with Gasteiger partial charge in [0, 0.05) is 6.08 Å². The fraction of sp³-hybridized carbons (Fsp3) is 0.667. The average molecular weight is 387 g/mol. The van der Waals surface area contributed by atoms with E-state index >= 15 is 0 Å². The van der Waals surface area contributed by atoms with Crippen LogP contribution < -0.4 is 0 Å². The molecule has 4 heteroatoms. The molecule has 4 nitrogen and oxygen atoms in total. The number of carbonyl (C=O) groups excluding carboxylic acids is 2. The molecule has 3 aliphatic carbocycles. The van der Waals surface area contributed by atoms with Crippen molar-refractivity contribution < 1.29 is 19.1 Å². The lowest BCUT2D eigenvalue weighted by atomic mass is 9.38. The first kappa shape index (κ1) is 20.9. The molecule has 0 N–H and O–H groups in total. The summed E-state index contributed by atoms with van der Waals surface area (Å²) in [6, 6.07) is 0. The van der Waals surface area contributed by atoms with E-state index in [1.807, 2.05) is 0 Å².